The van der Waals surface area contributed by atoms with Crippen LogP contribution in [0.3, 0.4) is 0 Å². The first kappa shape index (κ1) is 18.7. The number of ether oxygens (including phenoxy) is 1. The first-order valence-corrected chi connectivity index (χ1v) is 8.11. The van der Waals surface area contributed by atoms with Crippen LogP contribution in [0.15, 0.2) is 18.2 Å². The summed E-state index contributed by atoms with van der Waals surface area (Å²) in [6.07, 6.45) is 0.610. The van der Waals surface area contributed by atoms with Crippen LogP contribution >= 0.6 is 0 Å². The summed E-state index contributed by atoms with van der Waals surface area (Å²) in [5.74, 6) is -0.156. The summed E-state index contributed by atoms with van der Waals surface area (Å²) in [6.45, 7) is 10.7. The molecule has 0 heterocycles. The van der Waals surface area contributed by atoms with E-state index in [0.29, 0.717) is 26.0 Å². The van der Waals surface area contributed by atoms with Gasteiger partial charge in [0.2, 0.25) is 0 Å². The van der Waals surface area contributed by atoms with Crippen molar-refractivity contribution in [1.29, 1.82) is 0 Å². The number of carbonyl (C=O) groups is 1. The fraction of sp³-hybridized carbons (Fsp3) is 0.611. The summed E-state index contributed by atoms with van der Waals surface area (Å²) >= 11 is 0. The molecule has 0 aliphatic heterocycles. The second-order valence-corrected chi connectivity index (χ2v) is 5.65. The second-order valence-electron chi connectivity index (χ2n) is 5.65. The van der Waals surface area contributed by atoms with E-state index in [4.69, 9.17) is 4.74 Å². The summed E-state index contributed by atoms with van der Waals surface area (Å²) in [6, 6.07) is 6.16. The molecule has 0 aromatic heterocycles. The highest BCUT2D eigenvalue weighted by atomic mass is 16.5. The molecule has 1 atom stereocenters. The Hall–Kier alpha value is -1.39. The quantitative estimate of drug-likeness (QED) is 0.713. The van der Waals surface area contributed by atoms with Crippen molar-refractivity contribution in [3.8, 4) is 0 Å². The number of aryl methyl sites for hydroxylation is 2. The SMILES string of the molecule is CCOC(=O)CCN(CC)CCC(O)c1cc(C)ccc1C. The van der Waals surface area contributed by atoms with Crippen molar-refractivity contribution in [3.05, 3.63) is 34.9 Å². The van der Waals surface area contributed by atoms with E-state index >= 15 is 0 Å². The number of aliphatic hydroxyl groups excluding tert-OH is 1. The van der Waals surface area contributed by atoms with E-state index in [1.165, 1.54) is 0 Å². The van der Waals surface area contributed by atoms with Crippen LogP contribution < -0.4 is 0 Å². The number of nitrogens with zero attached hydrogens (tertiary/aromatic N) is 1. The molecule has 1 unspecified atom stereocenters. The van der Waals surface area contributed by atoms with E-state index in [-0.39, 0.29) is 5.97 Å². The summed E-state index contributed by atoms with van der Waals surface area (Å²) in [4.78, 5) is 13.6. The predicted molar refractivity (Wildman–Crippen MR) is 88.9 cm³/mol. The molecule has 124 valence electrons. The van der Waals surface area contributed by atoms with Crippen molar-refractivity contribution in [2.24, 2.45) is 0 Å². The van der Waals surface area contributed by atoms with Crippen molar-refractivity contribution in [3.63, 3.8) is 0 Å². The second kappa shape index (κ2) is 9.59. The lowest BCUT2D eigenvalue weighted by molar-refractivity contribution is -0.143. The van der Waals surface area contributed by atoms with E-state index in [2.05, 4.69) is 24.0 Å². The predicted octanol–water partition coefficient (Wildman–Crippen LogP) is 3.00. The highest BCUT2D eigenvalue weighted by Crippen LogP contribution is 2.22. The minimum Gasteiger partial charge on any atom is -0.466 e. The van der Waals surface area contributed by atoms with Crippen LogP contribution in [0.4, 0.5) is 0 Å². The normalized spacial score (nSPS) is 12.5. The van der Waals surface area contributed by atoms with Crippen LogP contribution in [-0.2, 0) is 9.53 Å². The highest BCUT2D eigenvalue weighted by Gasteiger charge is 2.13. The van der Waals surface area contributed by atoms with Gasteiger partial charge >= 0.3 is 5.97 Å². The third kappa shape index (κ3) is 6.16. The largest absolute Gasteiger partial charge is 0.466 e. The average molecular weight is 307 g/mol. The van der Waals surface area contributed by atoms with Crippen LogP contribution in [0.1, 0.15) is 49.5 Å². The van der Waals surface area contributed by atoms with Gasteiger partial charge in [-0.05, 0) is 44.9 Å². The number of rotatable bonds is 9. The maximum Gasteiger partial charge on any atom is 0.307 e. The van der Waals surface area contributed by atoms with Gasteiger partial charge in [-0.15, -0.1) is 0 Å². The zero-order valence-electron chi connectivity index (χ0n) is 14.3. The van der Waals surface area contributed by atoms with Gasteiger partial charge in [-0.1, -0.05) is 30.7 Å². The molecule has 4 heteroatoms. The van der Waals surface area contributed by atoms with Crippen molar-refractivity contribution in [2.75, 3.05) is 26.2 Å². The highest BCUT2D eigenvalue weighted by molar-refractivity contribution is 5.69. The first-order valence-electron chi connectivity index (χ1n) is 8.11. The smallest absolute Gasteiger partial charge is 0.307 e. The summed E-state index contributed by atoms with van der Waals surface area (Å²) in [7, 11) is 0. The summed E-state index contributed by atoms with van der Waals surface area (Å²) in [5, 5.41) is 10.4. The molecule has 1 aromatic carbocycles. The fourth-order valence-corrected chi connectivity index (χ4v) is 2.49. The van der Waals surface area contributed by atoms with Crippen molar-refractivity contribution in [1.82, 2.24) is 4.90 Å². The molecule has 22 heavy (non-hydrogen) atoms. The molecule has 0 saturated heterocycles. The summed E-state index contributed by atoms with van der Waals surface area (Å²) in [5.41, 5.74) is 3.28. The van der Waals surface area contributed by atoms with Gasteiger partial charge in [0.25, 0.3) is 0 Å². The Bertz CT molecular complexity index is 473. The molecule has 0 fully saturated rings. The lowest BCUT2D eigenvalue weighted by Crippen LogP contribution is -2.28. The third-order valence-corrected chi connectivity index (χ3v) is 3.90. The van der Waals surface area contributed by atoms with E-state index in [0.717, 1.165) is 29.8 Å². The average Bonchev–Trinajstić information content (AvgIpc) is 2.49. The molecule has 1 rings (SSSR count). The van der Waals surface area contributed by atoms with Gasteiger partial charge in [-0.3, -0.25) is 4.79 Å². The van der Waals surface area contributed by atoms with Crippen LogP contribution in [0.25, 0.3) is 0 Å². The van der Waals surface area contributed by atoms with Gasteiger partial charge < -0.3 is 14.7 Å². The van der Waals surface area contributed by atoms with Gasteiger partial charge in [0.15, 0.2) is 0 Å². The lowest BCUT2D eigenvalue weighted by Gasteiger charge is -2.22. The molecule has 0 radical (unpaired) electrons. The molecule has 1 N–H and O–H groups in total. The molecule has 4 nitrogen and oxygen atoms in total. The van der Waals surface area contributed by atoms with Crippen LogP contribution in [0.2, 0.25) is 0 Å². The molecular weight excluding hydrogens is 278 g/mol. The van der Waals surface area contributed by atoms with Crippen LogP contribution in [0, 0.1) is 13.8 Å². The first-order chi connectivity index (χ1) is 10.5. The lowest BCUT2D eigenvalue weighted by atomic mass is 9.99. The van der Waals surface area contributed by atoms with Crippen LogP contribution in [-0.4, -0.2) is 42.2 Å². The molecule has 0 saturated carbocycles. The molecule has 0 amide bonds. The number of hydrogen-bond donors (Lipinski definition) is 1. The Morgan fingerprint density at radius 2 is 2.00 bits per heavy atom. The number of aliphatic hydroxyl groups is 1. The van der Waals surface area contributed by atoms with Gasteiger partial charge in [0.1, 0.15) is 0 Å². The fourth-order valence-electron chi connectivity index (χ4n) is 2.49. The Morgan fingerprint density at radius 3 is 2.64 bits per heavy atom. The Labute approximate surface area is 134 Å². The molecule has 0 aliphatic carbocycles. The van der Waals surface area contributed by atoms with E-state index in [9.17, 15) is 9.90 Å². The maximum absolute atomic E-state index is 11.4. The zero-order chi connectivity index (χ0) is 16.5. The Balaban J connectivity index is 2.48. The van der Waals surface area contributed by atoms with Crippen molar-refractivity contribution in [2.45, 2.75) is 46.6 Å². The van der Waals surface area contributed by atoms with E-state index in [1.807, 2.05) is 26.8 Å². The minimum atomic E-state index is -0.462. The number of hydrogen-bond acceptors (Lipinski definition) is 4. The number of benzene rings is 1. The zero-order valence-corrected chi connectivity index (χ0v) is 14.3. The van der Waals surface area contributed by atoms with E-state index in [1.54, 1.807) is 0 Å². The Kier molecular flexibility index (Phi) is 8.13. The van der Waals surface area contributed by atoms with Gasteiger partial charge in [0.05, 0.1) is 19.1 Å². The molecular formula is C18H29NO3. The number of carbonyl (C=O) groups excluding carboxylic acids is 1. The molecule has 0 spiro atoms. The van der Waals surface area contributed by atoms with Crippen LogP contribution in [0.5, 0.6) is 0 Å². The van der Waals surface area contributed by atoms with E-state index < -0.39 is 6.10 Å². The molecule has 0 bridgehead atoms. The maximum atomic E-state index is 11.4. The third-order valence-electron chi connectivity index (χ3n) is 3.90. The monoisotopic (exact) mass is 307 g/mol. The van der Waals surface area contributed by atoms with Gasteiger partial charge in [-0.2, -0.15) is 0 Å². The van der Waals surface area contributed by atoms with Gasteiger partial charge in [0, 0.05) is 13.1 Å². The minimum absolute atomic E-state index is 0.156. The number of esters is 1. The topological polar surface area (TPSA) is 49.8 Å². The van der Waals surface area contributed by atoms with Gasteiger partial charge in [-0.25, -0.2) is 0 Å². The van der Waals surface area contributed by atoms with Crippen molar-refractivity contribution < 1.29 is 14.6 Å². The van der Waals surface area contributed by atoms with Crippen molar-refractivity contribution >= 4 is 5.97 Å². The summed E-state index contributed by atoms with van der Waals surface area (Å²) < 4.78 is 4.95. The molecule has 1 aromatic rings. The standard InChI is InChI=1S/C18H29NO3/c1-5-19(12-10-18(21)22-6-2)11-9-17(20)16-13-14(3)7-8-15(16)4/h7-8,13,17,20H,5-6,9-12H2,1-4H3. The molecule has 0 aliphatic rings. The Morgan fingerprint density at radius 1 is 1.27 bits per heavy atom.